The van der Waals surface area contributed by atoms with Gasteiger partial charge in [-0.05, 0) is 18.8 Å². The van der Waals surface area contributed by atoms with Gasteiger partial charge in [-0.15, -0.1) is 0 Å². The van der Waals surface area contributed by atoms with E-state index in [1.165, 1.54) is 25.7 Å². The van der Waals surface area contributed by atoms with Crippen molar-refractivity contribution in [1.29, 1.82) is 5.39 Å². The summed E-state index contributed by atoms with van der Waals surface area (Å²) in [6, 6.07) is 0. The van der Waals surface area contributed by atoms with E-state index in [1.54, 1.807) is 0 Å². The normalized spacial score (nSPS) is 19.1. The lowest BCUT2D eigenvalue weighted by atomic mass is 10.1. The third kappa shape index (κ3) is 2.79. The third-order valence-corrected chi connectivity index (χ3v) is 2.11. The van der Waals surface area contributed by atoms with Gasteiger partial charge in [-0.3, -0.25) is 0 Å². The fourth-order valence-electron chi connectivity index (χ4n) is 1.47. The fraction of sp³-hybridized carbons (Fsp3) is 0.750. The van der Waals surface area contributed by atoms with Gasteiger partial charge in [0, 0.05) is 0 Å². The molecule has 1 aliphatic carbocycles. The molecule has 0 aromatic heterocycles. The Morgan fingerprint density at radius 3 is 2.83 bits per heavy atom. The van der Waals surface area contributed by atoms with Crippen molar-refractivity contribution in [2.45, 2.75) is 25.7 Å². The first-order valence-corrected chi connectivity index (χ1v) is 4.19. The fourth-order valence-corrected chi connectivity index (χ4v) is 1.47. The van der Waals surface area contributed by atoms with Crippen molar-refractivity contribution in [2.75, 3.05) is 6.61 Å². The number of hydrogen-bond donors (Lipinski definition) is 1. The summed E-state index contributed by atoms with van der Waals surface area (Å²) in [5.41, 5.74) is 0. The first-order valence-electron chi connectivity index (χ1n) is 4.19. The van der Waals surface area contributed by atoms with Crippen LogP contribution in [0.25, 0.3) is 4.98 Å². The second kappa shape index (κ2) is 4.60. The second-order valence-electron chi connectivity index (χ2n) is 3.04. The van der Waals surface area contributed by atoms with Crippen LogP contribution in [0.2, 0.25) is 0 Å². The Bertz CT molecular complexity index is 202. The van der Waals surface area contributed by atoms with Crippen LogP contribution in [0.15, 0.2) is 12.1 Å². The molecule has 1 rings (SSSR count). The van der Waals surface area contributed by atoms with Crippen LogP contribution in [-0.2, 0) is 4.74 Å². The number of ether oxygens (including phenoxy) is 1. The predicted octanol–water partition coefficient (Wildman–Crippen LogP) is 2.40. The Morgan fingerprint density at radius 1 is 1.58 bits per heavy atom. The molecule has 0 radical (unpaired) electrons. The minimum atomic E-state index is -0.315. The Kier molecular flexibility index (Phi) is 3.39. The van der Waals surface area contributed by atoms with E-state index in [9.17, 15) is 0 Å². The summed E-state index contributed by atoms with van der Waals surface area (Å²) in [4.78, 5) is 2.64. The average molecular weight is 169 g/mol. The molecule has 0 aliphatic heterocycles. The quantitative estimate of drug-likeness (QED) is 0.521. The van der Waals surface area contributed by atoms with E-state index in [2.05, 4.69) is 4.98 Å². The minimum absolute atomic E-state index is 0.315. The van der Waals surface area contributed by atoms with Crippen molar-refractivity contribution in [3.63, 3.8) is 0 Å². The number of aliphatic hydroxyl groups excluding tert-OH is 1. The molecule has 0 spiro atoms. The van der Waals surface area contributed by atoms with E-state index in [0.29, 0.717) is 12.5 Å². The van der Waals surface area contributed by atoms with Gasteiger partial charge in [0.2, 0.25) is 5.39 Å². The molecule has 4 heteroatoms. The zero-order chi connectivity index (χ0) is 8.81. The Hall–Kier alpha value is -1.24. The summed E-state index contributed by atoms with van der Waals surface area (Å²) >= 11 is 0. The van der Waals surface area contributed by atoms with E-state index in [0.717, 1.165) is 6.20 Å². The van der Waals surface area contributed by atoms with E-state index < -0.39 is 0 Å². The van der Waals surface area contributed by atoms with Gasteiger partial charge in [-0.1, -0.05) is 12.8 Å². The summed E-state index contributed by atoms with van der Waals surface area (Å²) in [5, 5.41) is 16.9. The summed E-state index contributed by atoms with van der Waals surface area (Å²) in [5.74, 6) is 0.239. The largest absolute Gasteiger partial charge is 0.476 e. The van der Waals surface area contributed by atoms with Crippen molar-refractivity contribution < 1.29 is 9.84 Å². The molecule has 0 aromatic rings. The lowest BCUT2D eigenvalue weighted by Gasteiger charge is -2.07. The molecule has 1 saturated carbocycles. The SMILES string of the molecule is N#[N+]/C=C(/O)OCC1CCCC1. The van der Waals surface area contributed by atoms with Crippen molar-refractivity contribution in [3.05, 3.63) is 17.1 Å². The lowest BCUT2D eigenvalue weighted by Crippen LogP contribution is -2.04. The smallest absolute Gasteiger partial charge is 0.429 e. The van der Waals surface area contributed by atoms with E-state index >= 15 is 0 Å². The van der Waals surface area contributed by atoms with Crippen molar-refractivity contribution >= 4 is 0 Å². The van der Waals surface area contributed by atoms with Gasteiger partial charge in [0.15, 0.2) is 4.98 Å². The van der Waals surface area contributed by atoms with E-state index in [-0.39, 0.29) is 5.95 Å². The van der Waals surface area contributed by atoms with Crippen molar-refractivity contribution in [2.24, 2.45) is 5.92 Å². The molecule has 4 nitrogen and oxygen atoms in total. The maximum Gasteiger partial charge on any atom is 0.429 e. The molecule has 1 aliphatic rings. The predicted molar refractivity (Wildman–Crippen MR) is 43.7 cm³/mol. The molecule has 1 fully saturated rings. The molecule has 66 valence electrons. The summed E-state index contributed by atoms with van der Waals surface area (Å²) in [6.07, 6.45) is 5.73. The summed E-state index contributed by atoms with van der Waals surface area (Å²) < 4.78 is 4.93. The Labute approximate surface area is 71.5 Å². The van der Waals surface area contributed by atoms with Crippen LogP contribution in [0.4, 0.5) is 0 Å². The molecule has 0 unspecified atom stereocenters. The van der Waals surface area contributed by atoms with Crippen LogP contribution in [0, 0.1) is 11.3 Å². The van der Waals surface area contributed by atoms with Crippen molar-refractivity contribution in [3.8, 4) is 0 Å². The number of hydrogen-bond acceptors (Lipinski definition) is 3. The lowest BCUT2D eigenvalue weighted by molar-refractivity contribution is 0.0707. The molecular formula is C8H13N2O2+. The van der Waals surface area contributed by atoms with Crippen LogP contribution in [0.5, 0.6) is 0 Å². The number of nitrogens with zero attached hydrogens (tertiary/aromatic N) is 2. The Morgan fingerprint density at radius 2 is 2.25 bits per heavy atom. The molecule has 0 heterocycles. The molecule has 0 aromatic carbocycles. The van der Waals surface area contributed by atoms with Crippen LogP contribution < -0.4 is 0 Å². The number of aliphatic hydroxyl groups is 1. The highest BCUT2D eigenvalue weighted by atomic mass is 16.6. The summed E-state index contributed by atoms with van der Waals surface area (Å²) in [7, 11) is 0. The van der Waals surface area contributed by atoms with Crippen LogP contribution in [0.1, 0.15) is 25.7 Å². The molecule has 12 heavy (non-hydrogen) atoms. The van der Waals surface area contributed by atoms with Crippen LogP contribution >= 0.6 is 0 Å². The zero-order valence-electron chi connectivity index (χ0n) is 6.94. The highest BCUT2D eigenvalue weighted by molar-refractivity contribution is 4.87. The standard InChI is InChI=1S/C8H12N2O2/c9-10-5-8(11)12-6-7-3-1-2-4-7/h5,7H,1-4,6H2/p+1/b8-5-. The number of rotatable bonds is 3. The highest BCUT2D eigenvalue weighted by Gasteiger charge is 2.16. The van der Waals surface area contributed by atoms with Gasteiger partial charge < -0.3 is 9.84 Å². The minimum Gasteiger partial charge on any atom is -0.476 e. The van der Waals surface area contributed by atoms with E-state index in [4.69, 9.17) is 15.2 Å². The maximum atomic E-state index is 8.89. The van der Waals surface area contributed by atoms with Gasteiger partial charge in [0.05, 0.1) is 6.61 Å². The first kappa shape index (κ1) is 8.85. The van der Waals surface area contributed by atoms with Crippen LogP contribution in [-0.4, -0.2) is 11.7 Å². The molecule has 0 atom stereocenters. The zero-order valence-corrected chi connectivity index (χ0v) is 6.94. The van der Waals surface area contributed by atoms with Gasteiger partial charge in [0.25, 0.3) is 0 Å². The second-order valence-corrected chi connectivity index (χ2v) is 3.04. The van der Waals surface area contributed by atoms with Crippen molar-refractivity contribution in [1.82, 2.24) is 0 Å². The first-order chi connectivity index (χ1) is 5.83. The molecule has 0 bridgehead atoms. The molecule has 0 amide bonds. The molecular weight excluding hydrogens is 156 g/mol. The number of diazo groups is 1. The monoisotopic (exact) mass is 169 g/mol. The average Bonchev–Trinajstić information content (AvgIpc) is 2.53. The van der Waals surface area contributed by atoms with Gasteiger partial charge in [-0.25, -0.2) is 0 Å². The van der Waals surface area contributed by atoms with E-state index in [1.807, 2.05) is 0 Å². The van der Waals surface area contributed by atoms with Gasteiger partial charge >= 0.3 is 12.1 Å². The summed E-state index contributed by atoms with van der Waals surface area (Å²) in [6.45, 7) is 0.526. The topological polar surface area (TPSA) is 57.6 Å². The Balaban J connectivity index is 2.17. The van der Waals surface area contributed by atoms with Gasteiger partial charge in [-0.2, -0.15) is 0 Å². The molecule has 1 N–H and O–H groups in total. The molecule has 0 saturated heterocycles. The third-order valence-electron chi connectivity index (χ3n) is 2.11. The van der Waals surface area contributed by atoms with Crippen LogP contribution in [0.3, 0.4) is 0 Å². The highest BCUT2D eigenvalue weighted by Crippen LogP contribution is 2.25. The van der Waals surface area contributed by atoms with Gasteiger partial charge in [0.1, 0.15) is 0 Å². The maximum absolute atomic E-state index is 8.89.